The van der Waals surface area contributed by atoms with Gasteiger partial charge in [-0.05, 0) is 31.2 Å². The van der Waals surface area contributed by atoms with Crippen LogP contribution in [-0.4, -0.2) is 39.7 Å². The van der Waals surface area contributed by atoms with E-state index >= 15 is 0 Å². The highest BCUT2D eigenvalue weighted by Crippen LogP contribution is 2.38. The predicted octanol–water partition coefficient (Wildman–Crippen LogP) is 1.99. The third-order valence-electron chi connectivity index (χ3n) is 5.06. The molecule has 0 bridgehead atoms. The van der Waals surface area contributed by atoms with Crippen molar-refractivity contribution in [3.05, 3.63) is 65.5 Å². The van der Waals surface area contributed by atoms with E-state index in [0.717, 1.165) is 4.90 Å². The molecule has 1 aromatic carbocycles. The Morgan fingerprint density at radius 1 is 1.17 bits per heavy atom. The highest BCUT2D eigenvalue weighted by Gasteiger charge is 2.44. The second-order valence-corrected chi connectivity index (χ2v) is 6.82. The monoisotopic (exact) mass is 405 g/mol. The van der Waals surface area contributed by atoms with Crippen molar-refractivity contribution in [1.29, 1.82) is 0 Å². The van der Waals surface area contributed by atoms with E-state index in [-0.39, 0.29) is 23.5 Å². The number of ether oxygens (including phenoxy) is 1. The SMILES string of the molecule is COC(=O)c1ccccc1N1C(=O)CC(c2c(C)nn(-c3ccccn3)c2N)C1=O. The summed E-state index contributed by atoms with van der Waals surface area (Å²) in [5.74, 6) is -1.57. The van der Waals surface area contributed by atoms with Crippen molar-refractivity contribution in [3.63, 3.8) is 0 Å². The van der Waals surface area contributed by atoms with Crippen LogP contribution >= 0.6 is 0 Å². The topological polar surface area (TPSA) is 120 Å². The minimum Gasteiger partial charge on any atom is -0.465 e. The number of methoxy groups -OCH3 is 1. The molecule has 1 unspecified atom stereocenters. The number of benzene rings is 1. The lowest BCUT2D eigenvalue weighted by molar-refractivity contribution is -0.121. The number of esters is 1. The van der Waals surface area contributed by atoms with Crippen LogP contribution in [0.3, 0.4) is 0 Å². The Kier molecular flexibility index (Phi) is 4.78. The van der Waals surface area contributed by atoms with Gasteiger partial charge in [-0.1, -0.05) is 18.2 Å². The summed E-state index contributed by atoms with van der Waals surface area (Å²) in [5, 5.41) is 4.41. The number of carbonyl (C=O) groups excluding carboxylic acids is 3. The first-order valence-corrected chi connectivity index (χ1v) is 9.24. The van der Waals surface area contributed by atoms with Crippen LogP contribution < -0.4 is 10.6 Å². The van der Waals surface area contributed by atoms with Gasteiger partial charge in [0.15, 0.2) is 5.82 Å². The summed E-state index contributed by atoms with van der Waals surface area (Å²) in [7, 11) is 1.24. The summed E-state index contributed by atoms with van der Waals surface area (Å²) in [5.41, 5.74) is 7.66. The summed E-state index contributed by atoms with van der Waals surface area (Å²) in [4.78, 5) is 43.4. The molecular formula is C21H19N5O4. The van der Waals surface area contributed by atoms with Crippen LogP contribution in [0.25, 0.3) is 5.82 Å². The number of aryl methyl sites for hydroxylation is 1. The maximum Gasteiger partial charge on any atom is 0.339 e. The fraction of sp³-hybridized carbons (Fsp3) is 0.190. The number of carbonyl (C=O) groups is 3. The Labute approximate surface area is 172 Å². The number of pyridine rings is 1. The average molecular weight is 405 g/mol. The average Bonchev–Trinajstić information content (AvgIpc) is 3.22. The van der Waals surface area contributed by atoms with Crippen molar-refractivity contribution >= 4 is 29.3 Å². The first-order valence-electron chi connectivity index (χ1n) is 9.24. The minimum absolute atomic E-state index is 0.0761. The lowest BCUT2D eigenvalue weighted by Crippen LogP contribution is -2.31. The molecule has 9 heteroatoms. The van der Waals surface area contributed by atoms with Crippen molar-refractivity contribution in [1.82, 2.24) is 14.8 Å². The predicted molar refractivity (Wildman–Crippen MR) is 108 cm³/mol. The Balaban J connectivity index is 1.75. The highest BCUT2D eigenvalue weighted by atomic mass is 16.5. The number of imide groups is 1. The molecule has 1 saturated heterocycles. The van der Waals surface area contributed by atoms with Crippen molar-refractivity contribution in [2.24, 2.45) is 0 Å². The number of hydrogen-bond acceptors (Lipinski definition) is 7. The Hall–Kier alpha value is -4.01. The number of amides is 2. The number of aromatic nitrogens is 3. The van der Waals surface area contributed by atoms with Crippen LogP contribution in [0.1, 0.15) is 34.0 Å². The molecule has 4 rings (SSSR count). The third kappa shape index (κ3) is 3.00. The number of hydrogen-bond donors (Lipinski definition) is 1. The van der Waals surface area contributed by atoms with Gasteiger partial charge in [-0.15, -0.1) is 0 Å². The quantitative estimate of drug-likeness (QED) is 0.520. The van der Waals surface area contributed by atoms with Crippen LogP contribution in [0, 0.1) is 6.92 Å². The zero-order valence-corrected chi connectivity index (χ0v) is 16.4. The maximum absolute atomic E-state index is 13.3. The van der Waals surface area contributed by atoms with Crippen molar-refractivity contribution in [3.8, 4) is 5.82 Å². The van der Waals surface area contributed by atoms with Crippen molar-refractivity contribution < 1.29 is 19.1 Å². The molecule has 3 heterocycles. The van der Waals surface area contributed by atoms with E-state index in [9.17, 15) is 14.4 Å². The van der Waals surface area contributed by atoms with Gasteiger partial charge >= 0.3 is 5.97 Å². The van der Waals surface area contributed by atoms with Gasteiger partial charge in [0, 0.05) is 18.2 Å². The number of rotatable bonds is 4. The molecule has 30 heavy (non-hydrogen) atoms. The number of nitrogen functional groups attached to an aromatic ring is 1. The molecule has 1 aliphatic heterocycles. The van der Waals surface area contributed by atoms with Crippen LogP contribution in [-0.2, 0) is 14.3 Å². The Bertz CT molecular complexity index is 1160. The molecule has 152 valence electrons. The maximum atomic E-state index is 13.3. The molecule has 0 aliphatic carbocycles. The van der Waals surface area contributed by atoms with Gasteiger partial charge in [0.25, 0.3) is 0 Å². The fourth-order valence-corrected chi connectivity index (χ4v) is 3.70. The third-order valence-corrected chi connectivity index (χ3v) is 5.06. The van der Waals surface area contributed by atoms with Gasteiger partial charge < -0.3 is 10.5 Å². The second-order valence-electron chi connectivity index (χ2n) is 6.82. The molecule has 0 saturated carbocycles. The number of nitrogens with two attached hydrogens (primary N) is 1. The fourth-order valence-electron chi connectivity index (χ4n) is 3.70. The van der Waals surface area contributed by atoms with Crippen molar-refractivity contribution in [2.45, 2.75) is 19.3 Å². The molecule has 1 fully saturated rings. The van der Waals surface area contributed by atoms with Gasteiger partial charge in [-0.3, -0.25) is 9.59 Å². The Morgan fingerprint density at radius 3 is 2.60 bits per heavy atom. The van der Waals surface area contributed by atoms with E-state index in [2.05, 4.69) is 10.1 Å². The number of anilines is 2. The molecule has 9 nitrogen and oxygen atoms in total. The molecule has 2 amide bonds. The molecule has 1 atom stereocenters. The van der Waals surface area contributed by atoms with E-state index in [1.807, 2.05) is 0 Å². The lowest BCUT2D eigenvalue weighted by atomic mass is 9.97. The zero-order valence-electron chi connectivity index (χ0n) is 16.4. The molecule has 1 aliphatic rings. The van der Waals surface area contributed by atoms with Gasteiger partial charge in [0.05, 0.1) is 30.0 Å². The van der Waals surface area contributed by atoms with Crippen LogP contribution in [0.4, 0.5) is 11.5 Å². The van der Waals surface area contributed by atoms with E-state index < -0.39 is 23.7 Å². The highest BCUT2D eigenvalue weighted by molar-refractivity contribution is 6.24. The molecular weight excluding hydrogens is 386 g/mol. The van der Waals surface area contributed by atoms with E-state index in [4.69, 9.17) is 10.5 Å². The molecule has 3 aromatic rings. The van der Waals surface area contributed by atoms with E-state index in [1.165, 1.54) is 23.9 Å². The smallest absolute Gasteiger partial charge is 0.339 e. The van der Waals surface area contributed by atoms with Gasteiger partial charge in [-0.2, -0.15) is 9.78 Å². The minimum atomic E-state index is -0.805. The molecule has 0 radical (unpaired) electrons. The van der Waals surface area contributed by atoms with E-state index in [1.54, 1.807) is 43.5 Å². The van der Waals surface area contributed by atoms with Gasteiger partial charge in [0.1, 0.15) is 5.82 Å². The lowest BCUT2D eigenvalue weighted by Gasteiger charge is -2.18. The first kappa shape index (κ1) is 19.3. The van der Waals surface area contributed by atoms with Crippen LogP contribution in [0.5, 0.6) is 0 Å². The summed E-state index contributed by atoms with van der Waals surface area (Å²) in [6.45, 7) is 1.73. The first-order chi connectivity index (χ1) is 14.4. The summed E-state index contributed by atoms with van der Waals surface area (Å²) in [6, 6.07) is 11.6. The summed E-state index contributed by atoms with van der Waals surface area (Å²) >= 11 is 0. The number of nitrogens with zero attached hydrogens (tertiary/aromatic N) is 4. The molecule has 2 aromatic heterocycles. The Morgan fingerprint density at radius 2 is 1.90 bits per heavy atom. The summed E-state index contributed by atoms with van der Waals surface area (Å²) < 4.78 is 6.23. The normalized spacial score (nSPS) is 16.2. The largest absolute Gasteiger partial charge is 0.465 e. The van der Waals surface area contributed by atoms with Crippen molar-refractivity contribution in [2.75, 3.05) is 17.7 Å². The van der Waals surface area contributed by atoms with E-state index in [0.29, 0.717) is 17.1 Å². The second kappa shape index (κ2) is 7.43. The number of para-hydroxylation sites is 1. The molecule has 2 N–H and O–H groups in total. The molecule has 0 spiro atoms. The van der Waals surface area contributed by atoms with Gasteiger partial charge in [0.2, 0.25) is 11.8 Å². The summed E-state index contributed by atoms with van der Waals surface area (Å²) in [6.07, 6.45) is 1.54. The van der Waals surface area contributed by atoms with Crippen LogP contribution in [0.15, 0.2) is 48.7 Å². The standard InChI is InChI=1S/C21H19N5O4/c1-12-18(19(22)26(24-12)16-9-5-6-10-23-16)14-11-17(27)25(20(14)28)15-8-4-3-7-13(15)21(29)30-2/h3-10,14H,11,22H2,1-2H3. The van der Waals surface area contributed by atoms with Crippen LogP contribution in [0.2, 0.25) is 0 Å². The van der Waals surface area contributed by atoms with Gasteiger partial charge in [-0.25, -0.2) is 14.7 Å². The zero-order chi connectivity index (χ0) is 21.4.